The van der Waals surface area contributed by atoms with Gasteiger partial charge < -0.3 is 4.90 Å². The molecule has 4 heteroatoms. The molecule has 0 aromatic rings. The first-order valence-corrected chi connectivity index (χ1v) is 8.51. The van der Waals surface area contributed by atoms with Crippen molar-refractivity contribution in [2.75, 3.05) is 19.6 Å². The lowest BCUT2D eigenvalue weighted by atomic mass is 10.1. The quantitative estimate of drug-likeness (QED) is 0.777. The van der Waals surface area contributed by atoms with Crippen LogP contribution in [-0.2, 0) is 4.79 Å². The highest BCUT2D eigenvalue weighted by atomic mass is 16.2. The van der Waals surface area contributed by atoms with Gasteiger partial charge in [0.15, 0.2) is 0 Å². The van der Waals surface area contributed by atoms with Gasteiger partial charge in [0.25, 0.3) is 0 Å². The first-order valence-electron chi connectivity index (χ1n) is 8.51. The monoisotopic (exact) mass is 281 g/mol. The Bertz CT molecular complexity index is 321. The smallest absolute Gasteiger partial charge is 0.241 e. The minimum atomic E-state index is 0.0661. The fraction of sp³-hybridized carbons (Fsp3) is 0.938. The SMILES string of the molecule is CCCCC1NC(CC)N(CC2CCCN2CC)C1=O. The third kappa shape index (κ3) is 3.34. The third-order valence-corrected chi connectivity index (χ3v) is 4.90. The van der Waals surface area contributed by atoms with Gasteiger partial charge in [-0.2, -0.15) is 0 Å². The van der Waals surface area contributed by atoms with Gasteiger partial charge >= 0.3 is 0 Å². The van der Waals surface area contributed by atoms with E-state index in [4.69, 9.17) is 0 Å². The molecule has 0 bridgehead atoms. The molecule has 116 valence electrons. The minimum Gasteiger partial charge on any atom is -0.324 e. The lowest BCUT2D eigenvalue weighted by Crippen LogP contribution is -2.45. The van der Waals surface area contributed by atoms with E-state index in [0.29, 0.717) is 11.9 Å². The van der Waals surface area contributed by atoms with Gasteiger partial charge in [-0.05, 0) is 38.8 Å². The van der Waals surface area contributed by atoms with Crippen molar-refractivity contribution >= 4 is 5.91 Å². The molecule has 4 nitrogen and oxygen atoms in total. The fourth-order valence-corrected chi connectivity index (χ4v) is 3.66. The zero-order valence-electron chi connectivity index (χ0n) is 13.4. The maximum absolute atomic E-state index is 12.6. The van der Waals surface area contributed by atoms with E-state index >= 15 is 0 Å². The predicted molar refractivity (Wildman–Crippen MR) is 82.5 cm³/mol. The number of likely N-dealkylation sites (N-methyl/N-ethyl adjacent to an activating group) is 1. The second-order valence-corrected chi connectivity index (χ2v) is 6.20. The average Bonchev–Trinajstić information content (AvgIpc) is 3.03. The van der Waals surface area contributed by atoms with Crippen LogP contribution in [0.2, 0.25) is 0 Å². The molecule has 0 aliphatic carbocycles. The number of unbranched alkanes of at least 4 members (excludes halogenated alkanes) is 1. The van der Waals surface area contributed by atoms with Gasteiger partial charge in [0.2, 0.25) is 5.91 Å². The molecule has 0 aromatic carbocycles. The number of likely N-dealkylation sites (tertiary alicyclic amines) is 1. The highest BCUT2D eigenvalue weighted by Crippen LogP contribution is 2.23. The molecule has 0 saturated carbocycles. The number of hydrogen-bond acceptors (Lipinski definition) is 3. The average molecular weight is 281 g/mol. The van der Waals surface area contributed by atoms with Gasteiger partial charge in [0.1, 0.15) is 0 Å². The van der Waals surface area contributed by atoms with E-state index in [2.05, 4.69) is 35.9 Å². The van der Waals surface area contributed by atoms with Crippen molar-refractivity contribution in [2.24, 2.45) is 0 Å². The number of carbonyl (C=O) groups excluding carboxylic acids is 1. The summed E-state index contributed by atoms with van der Waals surface area (Å²) in [6.45, 7) is 9.81. The summed E-state index contributed by atoms with van der Waals surface area (Å²) in [7, 11) is 0. The first kappa shape index (κ1) is 15.8. The van der Waals surface area contributed by atoms with Crippen LogP contribution in [0.5, 0.6) is 0 Å². The van der Waals surface area contributed by atoms with E-state index < -0.39 is 0 Å². The Morgan fingerprint density at radius 1 is 1.30 bits per heavy atom. The minimum absolute atomic E-state index is 0.0661. The summed E-state index contributed by atoms with van der Waals surface area (Å²) in [6, 6.07) is 0.640. The summed E-state index contributed by atoms with van der Waals surface area (Å²) in [5, 5.41) is 3.54. The number of hydrogen-bond donors (Lipinski definition) is 1. The molecule has 2 fully saturated rings. The van der Waals surface area contributed by atoms with Crippen molar-refractivity contribution in [1.29, 1.82) is 0 Å². The van der Waals surface area contributed by atoms with Crippen LogP contribution in [0.15, 0.2) is 0 Å². The second-order valence-electron chi connectivity index (χ2n) is 6.20. The zero-order valence-corrected chi connectivity index (χ0v) is 13.4. The van der Waals surface area contributed by atoms with Crippen molar-refractivity contribution in [1.82, 2.24) is 15.1 Å². The van der Waals surface area contributed by atoms with E-state index in [1.807, 2.05) is 0 Å². The van der Waals surface area contributed by atoms with Crippen molar-refractivity contribution in [3.63, 3.8) is 0 Å². The van der Waals surface area contributed by atoms with Crippen LogP contribution in [0, 0.1) is 0 Å². The van der Waals surface area contributed by atoms with Crippen molar-refractivity contribution in [3.8, 4) is 0 Å². The summed E-state index contributed by atoms with van der Waals surface area (Å²) in [5.41, 5.74) is 0. The van der Waals surface area contributed by atoms with Gasteiger partial charge in [-0.1, -0.05) is 33.6 Å². The van der Waals surface area contributed by atoms with Gasteiger partial charge in [-0.25, -0.2) is 0 Å². The van der Waals surface area contributed by atoms with Crippen LogP contribution in [-0.4, -0.2) is 53.6 Å². The molecule has 2 aliphatic heterocycles. The number of carbonyl (C=O) groups is 1. The van der Waals surface area contributed by atoms with Crippen LogP contribution >= 0.6 is 0 Å². The van der Waals surface area contributed by atoms with Crippen LogP contribution < -0.4 is 5.32 Å². The Labute approximate surface area is 123 Å². The van der Waals surface area contributed by atoms with E-state index in [1.54, 1.807) is 0 Å². The molecular weight excluding hydrogens is 250 g/mol. The molecule has 1 amide bonds. The second kappa shape index (κ2) is 7.41. The molecule has 0 aromatic heterocycles. The van der Waals surface area contributed by atoms with Gasteiger partial charge in [-0.3, -0.25) is 15.0 Å². The maximum Gasteiger partial charge on any atom is 0.241 e. The van der Waals surface area contributed by atoms with Gasteiger partial charge in [0, 0.05) is 12.6 Å². The molecule has 0 radical (unpaired) electrons. The van der Waals surface area contributed by atoms with Crippen molar-refractivity contribution in [3.05, 3.63) is 0 Å². The zero-order chi connectivity index (χ0) is 14.5. The third-order valence-electron chi connectivity index (χ3n) is 4.90. The van der Waals surface area contributed by atoms with E-state index in [-0.39, 0.29) is 12.2 Å². The summed E-state index contributed by atoms with van der Waals surface area (Å²) in [4.78, 5) is 17.3. The highest BCUT2D eigenvalue weighted by molar-refractivity contribution is 5.84. The van der Waals surface area contributed by atoms with E-state index in [0.717, 1.165) is 38.8 Å². The number of amides is 1. The Hall–Kier alpha value is -0.610. The summed E-state index contributed by atoms with van der Waals surface area (Å²) >= 11 is 0. The largest absolute Gasteiger partial charge is 0.324 e. The Balaban J connectivity index is 1.96. The topological polar surface area (TPSA) is 35.6 Å². The maximum atomic E-state index is 12.6. The fourth-order valence-electron chi connectivity index (χ4n) is 3.66. The van der Waals surface area contributed by atoms with E-state index in [1.165, 1.54) is 19.4 Å². The van der Waals surface area contributed by atoms with Crippen LogP contribution in [0.4, 0.5) is 0 Å². The van der Waals surface area contributed by atoms with Crippen molar-refractivity contribution in [2.45, 2.75) is 77.5 Å². The van der Waals surface area contributed by atoms with E-state index in [9.17, 15) is 4.79 Å². The molecule has 0 spiro atoms. The predicted octanol–water partition coefficient (Wildman–Crippen LogP) is 2.20. The van der Waals surface area contributed by atoms with Crippen LogP contribution in [0.3, 0.4) is 0 Å². The molecule has 2 saturated heterocycles. The first-order chi connectivity index (χ1) is 9.71. The summed E-state index contributed by atoms with van der Waals surface area (Å²) < 4.78 is 0. The highest BCUT2D eigenvalue weighted by Gasteiger charge is 2.39. The molecule has 2 aliphatic rings. The standard InChI is InChI=1S/C16H31N3O/c1-4-7-10-14-16(20)19(15(5-2)17-14)12-13-9-8-11-18(13)6-3/h13-15,17H,4-12H2,1-3H3. The van der Waals surface area contributed by atoms with Crippen LogP contribution in [0.25, 0.3) is 0 Å². The van der Waals surface area contributed by atoms with Crippen LogP contribution in [0.1, 0.15) is 59.3 Å². The number of nitrogens with one attached hydrogen (secondary N) is 1. The Morgan fingerprint density at radius 3 is 2.75 bits per heavy atom. The number of nitrogens with zero attached hydrogens (tertiary/aromatic N) is 2. The lowest BCUT2D eigenvalue weighted by molar-refractivity contribution is -0.130. The molecule has 2 heterocycles. The molecule has 3 unspecified atom stereocenters. The van der Waals surface area contributed by atoms with Gasteiger partial charge in [-0.15, -0.1) is 0 Å². The summed E-state index contributed by atoms with van der Waals surface area (Å²) in [5.74, 6) is 0.341. The lowest BCUT2D eigenvalue weighted by Gasteiger charge is -2.30. The molecular formula is C16H31N3O. The van der Waals surface area contributed by atoms with Gasteiger partial charge in [0.05, 0.1) is 12.2 Å². The molecule has 20 heavy (non-hydrogen) atoms. The Kier molecular flexibility index (Phi) is 5.85. The van der Waals surface area contributed by atoms with Crippen molar-refractivity contribution < 1.29 is 4.79 Å². The molecule has 2 rings (SSSR count). The summed E-state index contributed by atoms with van der Waals surface area (Å²) in [6.07, 6.45) is 7.07. The molecule has 3 atom stereocenters. The number of rotatable bonds is 7. The Morgan fingerprint density at radius 2 is 2.10 bits per heavy atom. The normalized spacial score (nSPS) is 31.4. The molecule has 1 N–H and O–H groups in total.